The van der Waals surface area contributed by atoms with Crippen molar-refractivity contribution < 1.29 is 4.74 Å². The maximum atomic E-state index is 5.16. The van der Waals surface area contributed by atoms with Crippen LogP contribution in [0.4, 0.5) is 5.69 Å². The summed E-state index contributed by atoms with van der Waals surface area (Å²) < 4.78 is 5.16. The molecule has 1 aromatic rings. The minimum atomic E-state index is 0.625. The normalized spacial score (nSPS) is 20.5. The Morgan fingerprint density at radius 1 is 1.46 bits per heavy atom. The van der Waals surface area contributed by atoms with Gasteiger partial charge in [0.1, 0.15) is 0 Å². The number of fused-ring (bicyclic) bond motifs is 1. The summed E-state index contributed by atoms with van der Waals surface area (Å²) in [5.41, 5.74) is 2.70. The fraction of sp³-hybridized carbons (Fsp3) is 0.455. The Hall–Kier alpha value is -1.02. The second-order valence-electron chi connectivity index (χ2n) is 3.56. The van der Waals surface area contributed by atoms with Crippen LogP contribution in [0.1, 0.15) is 5.56 Å². The van der Waals surface area contributed by atoms with Gasteiger partial charge in [0.25, 0.3) is 0 Å². The van der Waals surface area contributed by atoms with Crippen LogP contribution in [0.25, 0.3) is 0 Å². The first-order valence-corrected chi connectivity index (χ1v) is 4.71. The zero-order chi connectivity index (χ0) is 9.10. The van der Waals surface area contributed by atoms with E-state index in [-0.39, 0.29) is 0 Å². The first kappa shape index (κ1) is 8.57. The molecule has 70 valence electrons. The summed E-state index contributed by atoms with van der Waals surface area (Å²) in [6, 6.07) is 8.49. The van der Waals surface area contributed by atoms with Crippen LogP contribution in [-0.4, -0.2) is 20.3 Å². The van der Waals surface area contributed by atoms with Gasteiger partial charge in [-0.15, -0.1) is 0 Å². The molecule has 1 aromatic carbocycles. The van der Waals surface area contributed by atoms with Gasteiger partial charge in [0, 0.05) is 25.3 Å². The molecule has 0 spiro atoms. The van der Waals surface area contributed by atoms with E-state index < -0.39 is 0 Å². The molecule has 0 aliphatic carbocycles. The Balaban J connectivity index is 2.11. The van der Waals surface area contributed by atoms with Crippen LogP contribution in [0.15, 0.2) is 24.3 Å². The maximum absolute atomic E-state index is 5.16. The highest BCUT2D eigenvalue weighted by Gasteiger charge is 2.16. The number of benzene rings is 1. The van der Waals surface area contributed by atoms with Gasteiger partial charge in [-0.3, -0.25) is 0 Å². The first-order chi connectivity index (χ1) is 6.40. The van der Waals surface area contributed by atoms with Crippen LogP contribution < -0.4 is 5.32 Å². The third-order valence-corrected chi connectivity index (χ3v) is 2.51. The van der Waals surface area contributed by atoms with Crippen molar-refractivity contribution in [1.29, 1.82) is 0 Å². The molecule has 2 rings (SSSR count). The zero-order valence-corrected chi connectivity index (χ0v) is 7.92. The summed E-state index contributed by atoms with van der Waals surface area (Å²) in [7, 11) is 1.76. The lowest BCUT2D eigenvalue weighted by molar-refractivity contribution is 0.156. The smallest absolute Gasteiger partial charge is 0.0510 e. The van der Waals surface area contributed by atoms with Gasteiger partial charge in [-0.2, -0.15) is 0 Å². The third-order valence-electron chi connectivity index (χ3n) is 2.51. The van der Waals surface area contributed by atoms with Crippen LogP contribution in [0.2, 0.25) is 0 Å². The van der Waals surface area contributed by atoms with Crippen molar-refractivity contribution in [2.24, 2.45) is 5.92 Å². The summed E-state index contributed by atoms with van der Waals surface area (Å²) in [5.74, 6) is 0.625. The number of ether oxygens (including phenoxy) is 1. The highest BCUT2D eigenvalue weighted by molar-refractivity contribution is 5.53. The number of para-hydroxylation sites is 1. The van der Waals surface area contributed by atoms with Crippen LogP contribution in [0.5, 0.6) is 0 Å². The van der Waals surface area contributed by atoms with Crippen LogP contribution >= 0.6 is 0 Å². The van der Waals surface area contributed by atoms with Gasteiger partial charge in [-0.05, 0) is 18.1 Å². The average molecular weight is 177 g/mol. The van der Waals surface area contributed by atoms with Crippen molar-refractivity contribution in [1.82, 2.24) is 0 Å². The number of hydrogen-bond donors (Lipinski definition) is 1. The molecule has 13 heavy (non-hydrogen) atoms. The summed E-state index contributed by atoms with van der Waals surface area (Å²) in [6.07, 6.45) is 1.14. The minimum absolute atomic E-state index is 0.625. The quantitative estimate of drug-likeness (QED) is 0.745. The number of rotatable bonds is 2. The van der Waals surface area contributed by atoms with E-state index in [4.69, 9.17) is 4.74 Å². The van der Waals surface area contributed by atoms with E-state index in [1.807, 2.05) is 0 Å². The molecule has 0 saturated carbocycles. The van der Waals surface area contributed by atoms with E-state index in [0.717, 1.165) is 19.6 Å². The zero-order valence-electron chi connectivity index (χ0n) is 7.92. The molecule has 0 radical (unpaired) electrons. The van der Waals surface area contributed by atoms with Gasteiger partial charge < -0.3 is 10.1 Å². The average Bonchev–Trinajstić information content (AvgIpc) is 2.18. The monoisotopic (exact) mass is 177 g/mol. The van der Waals surface area contributed by atoms with E-state index >= 15 is 0 Å². The lowest BCUT2D eigenvalue weighted by Gasteiger charge is -2.25. The Morgan fingerprint density at radius 2 is 2.31 bits per heavy atom. The van der Waals surface area contributed by atoms with Crippen molar-refractivity contribution in [3.05, 3.63) is 29.8 Å². The summed E-state index contributed by atoms with van der Waals surface area (Å²) >= 11 is 0. The Labute approximate surface area is 78.9 Å². The van der Waals surface area contributed by atoms with Crippen molar-refractivity contribution in [3.63, 3.8) is 0 Å². The number of hydrogen-bond acceptors (Lipinski definition) is 2. The number of anilines is 1. The van der Waals surface area contributed by atoms with Crippen molar-refractivity contribution >= 4 is 5.69 Å². The maximum Gasteiger partial charge on any atom is 0.0510 e. The molecule has 0 saturated heterocycles. The molecule has 0 aromatic heterocycles. The van der Waals surface area contributed by atoms with Crippen LogP contribution in [0.3, 0.4) is 0 Å². The highest BCUT2D eigenvalue weighted by atomic mass is 16.5. The van der Waals surface area contributed by atoms with Crippen molar-refractivity contribution in [2.45, 2.75) is 6.42 Å². The van der Waals surface area contributed by atoms with Gasteiger partial charge >= 0.3 is 0 Å². The first-order valence-electron chi connectivity index (χ1n) is 4.71. The van der Waals surface area contributed by atoms with E-state index in [0.29, 0.717) is 5.92 Å². The minimum Gasteiger partial charge on any atom is -0.384 e. The summed E-state index contributed by atoms with van der Waals surface area (Å²) in [5, 5.41) is 3.42. The van der Waals surface area contributed by atoms with Crippen molar-refractivity contribution in [3.8, 4) is 0 Å². The molecule has 0 bridgehead atoms. The van der Waals surface area contributed by atoms with E-state index in [1.165, 1.54) is 11.3 Å². The number of nitrogens with one attached hydrogen (secondary N) is 1. The topological polar surface area (TPSA) is 21.3 Å². The highest BCUT2D eigenvalue weighted by Crippen LogP contribution is 2.23. The van der Waals surface area contributed by atoms with Crippen LogP contribution in [-0.2, 0) is 11.2 Å². The molecule has 1 heterocycles. The van der Waals surface area contributed by atoms with Crippen LogP contribution in [0, 0.1) is 5.92 Å². The molecule has 1 aliphatic rings. The summed E-state index contributed by atoms with van der Waals surface area (Å²) in [6.45, 7) is 1.88. The van der Waals surface area contributed by atoms with E-state index in [9.17, 15) is 0 Å². The second-order valence-corrected chi connectivity index (χ2v) is 3.56. The lowest BCUT2D eigenvalue weighted by atomic mass is 9.95. The number of methoxy groups -OCH3 is 1. The van der Waals surface area contributed by atoms with Gasteiger partial charge in [-0.25, -0.2) is 0 Å². The fourth-order valence-corrected chi connectivity index (χ4v) is 1.86. The molecule has 2 heteroatoms. The fourth-order valence-electron chi connectivity index (χ4n) is 1.86. The Kier molecular flexibility index (Phi) is 2.50. The van der Waals surface area contributed by atoms with Gasteiger partial charge in [0.05, 0.1) is 6.61 Å². The Bertz CT molecular complexity index is 285. The third kappa shape index (κ3) is 1.83. The molecular weight excluding hydrogens is 162 g/mol. The molecule has 1 N–H and O–H groups in total. The molecule has 2 nitrogen and oxygen atoms in total. The van der Waals surface area contributed by atoms with Crippen molar-refractivity contribution in [2.75, 3.05) is 25.6 Å². The second kappa shape index (κ2) is 3.79. The SMILES string of the molecule is COC[C@@H]1CNc2ccccc2C1. The Morgan fingerprint density at radius 3 is 3.15 bits per heavy atom. The van der Waals surface area contributed by atoms with Gasteiger partial charge in [0.15, 0.2) is 0 Å². The molecule has 1 atom stereocenters. The predicted molar refractivity (Wildman–Crippen MR) is 54.0 cm³/mol. The molecular formula is C11H15NO. The van der Waals surface area contributed by atoms with E-state index in [1.54, 1.807) is 7.11 Å². The molecule has 0 fully saturated rings. The van der Waals surface area contributed by atoms with E-state index in [2.05, 4.69) is 29.6 Å². The predicted octanol–water partition coefficient (Wildman–Crippen LogP) is 1.92. The largest absolute Gasteiger partial charge is 0.384 e. The molecule has 1 aliphatic heterocycles. The van der Waals surface area contributed by atoms with Gasteiger partial charge in [0.2, 0.25) is 0 Å². The van der Waals surface area contributed by atoms with Gasteiger partial charge in [-0.1, -0.05) is 18.2 Å². The molecule has 0 unspecified atom stereocenters. The molecule has 0 amide bonds. The standard InChI is InChI=1S/C11H15NO/c1-13-8-9-6-10-4-2-3-5-11(10)12-7-9/h2-5,9,12H,6-8H2,1H3/t9-/m0/s1. The summed E-state index contributed by atoms with van der Waals surface area (Å²) in [4.78, 5) is 0. The lowest BCUT2D eigenvalue weighted by Crippen LogP contribution is -2.26.